The van der Waals surface area contributed by atoms with E-state index < -0.39 is 28.5 Å². The topological polar surface area (TPSA) is 96.0 Å². The van der Waals surface area contributed by atoms with E-state index in [1.165, 1.54) is 24.1 Å². The number of hydrogen-bond acceptors (Lipinski definition) is 5. The molecule has 1 fully saturated rings. The molecule has 0 saturated heterocycles. The Kier molecular flexibility index (Phi) is 11.1. The largest absolute Gasteiger partial charge is 0.497 e. The number of nitrogens with one attached hydrogen (secondary N) is 1. The average Bonchev–Trinajstić information content (AvgIpc) is 3.59. The third-order valence-corrected chi connectivity index (χ3v) is 10.5. The van der Waals surface area contributed by atoms with Gasteiger partial charge in [0.1, 0.15) is 18.3 Å². The van der Waals surface area contributed by atoms with Crippen molar-refractivity contribution in [2.24, 2.45) is 0 Å². The number of amides is 2. The fraction of sp³-hybridized carbons (Fsp3) is 0.278. The fourth-order valence-electron chi connectivity index (χ4n) is 5.72. The Morgan fingerprint density at radius 2 is 1.52 bits per heavy atom. The van der Waals surface area contributed by atoms with E-state index >= 15 is 0 Å². The molecule has 1 saturated carbocycles. The molecule has 0 spiro atoms. The Morgan fingerprint density at radius 1 is 0.870 bits per heavy atom. The molecular formula is C36H38BrN3O5S. The highest BCUT2D eigenvalue weighted by molar-refractivity contribution is 9.10. The molecule has 1 aliphatic carbocycles. The van der Waals surface area contributed by atoms with Gasteiger partial charge in [-0.15, -0.1) is 0 Å². The highest BCUT2D eigenvalue weighted by atomic mass is 79.9. The Bertz CT molecular complexity index is 1710. The lowest BCUT2D eigenvalue weighted by Crippen LogP contribution is -2.54. The Morgan fingerprint density at radius 3 is 2.17 bits per heavy atom. The van der Waals surface area contributed by atoms with Crippen LogP contribution < -0.4 is 14.4 Å². The van der Waals surface area contributed by atoms with Crippen LogP contribution in [0, 0.1) is 0 Å². The smallest absolute Gasteiger partial charge is 0.264 e. The summed E-state index contributed by atoms with van der Waals surface area (Å²) in [6, 6.07) is 30.9. The van der Waals surface area contributed by atoms with E-state index in [9.17, 15) is 18.0 Å². The fourth-order valence-corrected chi connectivity index (χ4v) is 7.41. The minimum atomic E-state index is -4.19. The molecule has 0 bridgehead atoms. The molecule has 5 rings (SSSR count). The predicted molar refractivity (Wildman–Crippen MR) is 183 cm³/mol. The third kappa shape index (κ3) is 8.35. The van der Waals surface area contributed by atoms with Crippen molar-refractivity contribution in [1.82, 2.24) is 10.2 Å². The van der Waals surface area contributed by atoms with Gasteiger partial charge in [0.05, 0.1) is 17.7 Å². The number of rotatable bonds is 13. The number of carbonyl (C=O) groups is 2. The average molecular weight is 705 g/mol. The molecule has 0 heterocycles. The van der Waals surface area contributed by atoms with E-state index in [0.29, 0.717) is 5.75 Å². The first-order chi connectivity index (χ1) is 22.2. The summed E-state index contributed by atoms with van der Waals surface area (Å²) in [6.07, 6.45) is 4.14. The molecule has 0 aliphatic heterocycles. The van der Waals surface area contributed by atoms with Crippen LogP contribution >= 0.6 is 15.9 Å². The number of anilines is 1. The minimum Gasteiger partial charge on any atom is -0.497 e. The molecule has 1 atom stereocenters. The molecule has 4 aromatic carbocycles. The van der Waals surface area contributed by atoms with Crippen LogP contribution in [0.15, 0.2) is 119 Å². The van der Waals surface area contributed by atoms with E-state index in [1.807, 2.05) is 54.6 Å². The van der Waals surface area contributed by atoms with Crippen LogP contribution in [0.2, 0.25) is 0 Å². The van der Waals surface area contributed by atoms with Crippen molar-refractivity contribution in [2.75, 3.05) is 18.0 Å². The van der Waals surface area contributed by atoms with Gasteiger partial charge in [-0.25, -0.2) is 8.42 Å². The second kappa shape index (κ2) is 15.4. The van der Waals surface area contributed by atoms with E-state index in [4.69, 9.17) is 4.74 Å². The van der Waals surface area contributed by atoms with Crippen molar-refractivity contribution >= 4 is 43.5 Å². The van der Waals surface area contributed by atoms with Gasteiger partial charge >= 0.3 is 0 Å². The molecule has 1 N–H and O–H groups in total. The maximum absolute atomic E-state index is 14.6. The predicted octanol–water partition coefficient (Wildman–Crippen LogP) is 6.35. The van der Waals surface area contributed by atoms with Gasteiger partial charge in [0.2, 0.25) is 11.8 Å². The van der Waals surface area contributed by atoms with Gasteiger partial charge in [0, 0.05) is 29.5 Å². The zero-order valence-corrected chi connectivity index (χ0v) is 28.1. The summed E-state index contributed by atoms with van der Waals surface area (Å²) in [4.78, 5) is 30.3. The van der Waals surface area contributed by atoms with Gasteiger partial charge in [-0.3, -0.25) is 13.9 Å². The highest BCUT2D eigenvalue weighted by Gasteiger charge is 2.35. The van der Waals surface area contributed by atoms with Crippen LogP contribution in [0.3, 0.4) is 0 Å². The lowest BCUT2D eigenvalue weighted by atomic mass is 10.0. The number of sulfonamides is 1. The van der Waals surface area contributed by atoms with Crippen molar-refractivity contribution in [1.29, 1.82) is 0 Å². The Balaban J connectivity index is 1.56. The van der Waals surface area contributed by atoms with Crippen LogP contribution in [-0.4, -0.2) is 50.9 Å². The number of halogens is 1. The molecule has 4 aromatic rings. The second-order valence-corrected chi connectivity index (χ2v) is 14.1. The number of ether oxygens (including phenoxy) is 1. The zero-order chi connectivity index (χ0) is 32.5. The van der Waals surface area contributed by atoms with Crippen molar-refractivity contribution in [3.63, 3.8) is 0 Å². The van der Waals surface area contributed by atoms with Gasteiger partial charge in [-0.1, -0.05) is 95.5 Å². The summed E-state index contributed by atoms with van der Waals surface area (Å²) in [6.45, 7) is -0.415. The van der Waals surface area contributed by atoms with Crippen LogP contribution in [-0.2, 0) is 32.6 Å². The van der Waals surface area contributed by atoms with Crippen LogP contribution in [0.25, 0.3) is 0 Å². The van der Waals surface area contributed by atoms with E-state index in [-0.39, 0.29) is 35.5 Å². The van der Waals surface area contributed by atoms with Crippen molar-refractivity contribution in [2.45, 2.75) is 55.6 Å². The van der Waals surface area contributed by atoms with Crippen LogP contribution in [0.1, 0.15) is 36.8 Å². The number of hydrogen-bond donors (Lipinski definition) is 1. The highest BCUT2D eigenvalue weighted by Crippen LogP contribution is 2.28. The van der Waals surface area contributed by atoms with Crippen LogP contribution in [0.4, 0.5) is 5.69 Å². The van der Waals surface area contributed by atoms with Crippen molar-refractivity contribution in [3.8, 4) is 5.75 Å². The lowest BCUT2D eigenvalue weighted by Gasteiger charge is -2.34. The SMILES string of the molecule is COc1cccc(N(CC(=O)N(Cc2ccc(Br)cc2)[C@H](Cc2ccccc2)C(=O)NC2CCCC2)S(=O)(=O)c2ccccc2)c1. The van der Waals surface area contributed by atoms with Crippen LogP contribution in [0.5, 0.6) is 5.75 Å². The third-order valence-electron chi connectivity index (χ3n) is 8.19. The molecule has 8 nitrogen and oxygen atoms in total. The molecule has 2 amide bonds. The summed E-state index contributed by atoms with van der Waals surface area (Å²) in [7, 11) is -2.69. The second-order valence-electron chi connectivity index (χ2n) is 11.4. The molecule has 46 heavy (non-hydrogen) atoms. The quantitative estimate of drug-likeness (QED) is 0.175. The summed E-state index contributed by atoms with van der Waals surface area (Å²) < 4.78 is 35.6. The summed E-state index contributed by atoms with van der Waals surface area (Å²) in [5.41, 5.74) is 1.97. The van der Waals surface area contributed by atoms with Gasteiger partial charge in [0.15, 0.2) is 0 Å². The molecule has 1 aliphatic rings. The maximum Gasteiger partial charge on any atom is 0.264 e. The lowest BCUT2D eigenvalue weighted by molar-refractivity contribution is -0.140. The first kappa shape index (κ1) is 33.2. The van der Waals surface area contributed by atoms with E-state index in [2.05, 4.69) is 21.2 Å². The zero-order valence-electron chi connectivity index (χ0n) is 25.7. The number of benzene rings is 4. The molecule has 240 valence electrons. The summed E-state index contributed by atoms with van der Waals surface area (Å²) in [5.74, 6) is -0.310. The number of carbonyl (C=O) groups excluding carboxylic acids is 2. The molecule has 0 radical (unpaired) electrons. The summed E-state index contributed by atoms with van der Waals surface area (Å²) >= 11 is 3.47. The van der Waals surface area contributed by atoms with Crippen molar-refractivity contribution < 1.29 is 22.7 Å². The summed E-state index contributed by atoms with van der Waals surface area (Å²) in [5, 5.41) is 3.20. The normalized spacial score (nSPS) is 14.0. The molecule has 10 heteroatoms. The van der Waals surface area contributed by atoms with E-state index in [1.54, 1.807) is 42.5 Å². The minimum absolute atomic E-state index is 0.0437. The first-order valence-corrected chi connectivity index (χ1v) is 17.6. The maximum atomic E-state index is 14.6. The number of nitrogens with zero attached hydrogens (tertiary/aromatic N) is 2. The monoisotopic (exact) mass is 703 g/mol. The molecule has 0 unspecified atom stereocenters. The van der Waals surface area contributed by atoms with E-state index in [0.717, 1.165) is 45.6 Å². The van der Waals surface area contributed by atoms with Gasteiger partial charge in [-0.2, -0.15) is 0 Å². The molecule has 0 aromatic heterocycles. The standard InChI is InChI=1S/C36H38BrN3O5S/c1-45-32-16-10-15-31(24-32)40(46(43,44)33-17-6-3-7-18-33)26-35(41)39(25-28-19-21-29(37)22-20-28)34(23-27-11-4-2-5-12-27)36(42)38-30-13-8-9-14-30/h2-7,10-12,15-22,24,30,34H,8-9,13-14,23,25-26H2,1H3,(H,38,42)/t34-/m1/s1. The van der Waals surface area contributed by atoms with Gasteiger partial charge in [0.25, 0.3) is 10.0 Å². The number of methoxy groups -OCH3 is 1. The van der Waals surface area contributed by atoms with Crippen molar-refractivity contribution in [3.05, 3.63) is 125 Å². The Labute approximate surface area is 279 Å². The molecular weight excluding hydrogens is 666 g/mol. The van der Waals surface area contributed by atoms with Gasteiger partial charge < -0.3 is 15.0 Å². The first-order valence-electron chi connectivity index (χ1n) is 15.3. The Hall–Kier alpha value is -4.15. The van der Waals surface area contributed by atoms with Gasteiger partial charge in [-0.05, 0) is 60.4 Å².